The molecule has 1 rings (SSSR count). The molecule has 0 aliphatic carbocycles. The highest BCUT2D eigenvalue weighted by atomic mass is 16.5. The number of amides is 1. The number of piperidine rings is 1. The van der Waals surface area contributed by atoms with Crippen LogP contribution in [0, 0.1) is 17.8 Å². The zero-order valence-electron chi connectivity index (χ0n) is 14.6. The van der Waals surface area contributed by atoms with E-state index in [2.05, 4.69) is 25.7 Å². The van der Waals surface area contributed by atoms with Crippen molar-refractivity contribution in [1.82, 2.24) is 4.90 Å². The summed E-state index contributed by atoms with van der Waals surface area (Å²) in [6.45, 7) is 10.2. The number of ether oxygens (including phenoxy) is 1. The monoisotopic (exact) mass is 309 g/mol. The van der Waals surface area contributed by atoms with Gasteiger partial charge in [-0.15, -0.1) is 0 Å². The van der Waals surface area contributed by atoms with Crippen molar-refractivity contribution in [2.75, 3.05) is 19.7 Å². The molecular formula is C18H31NO3. The number of carbonyl (C=O) groups excluding carboxylic acids is 2. The first-order valence-electron chi connectivity index (χ1n) is 8.34. The third-order valence-corrected chi connectivity index (χ3v) is 3.33. The Bertz CT molecular complexity index is 360. The molecule has 0 unspecified atom stereocenters. The summed E-state index contributed by atoms with van der Waals surface area (Å²) in [5, 5.41) is 0. The molecule has 1 aliphatic rings. The Morgan fingerprint density at radius 1 is 1.32 bits per heavy atom. The second kappa shape index (κ2) is 13.3. The van der Waals surface area contributed by atoms with Gasteiger partial charge in [0.2, 0.25) is 6.41 Å². The predicted octanol–water partition coefficient (Wildman–Crippen LogP) is 3.05. The maximum absolute atomic E-state index is 10.5. The van der Waals surface area contributed by atoms with Crippen molar-refractivity contribution < 1.29 is 14.3 Å². The molecule has 22 heavy (non-hydrogen) atoms. The molecule has 4 nitrogen and oxygen atoms in total. The Balaban J connectivity index is 0.000000534. The minimum absolute atomic E-state index is 0.280. The maximum atomic E-state index is 10.5. The van der Waals surface area contributed by atoms with Gasteiger partial charge >= 0.3 is 0 Å². The van der Waals surface area contributed by atoms with Crippen molar-refractivity contribution in [3.05, 3.63) is 0 Å². The van der Waals surface area contributed by atoms with Crippen LogP contribution in [0.25, 0.3) is 0 Å². The Labute approximate surface area is 135 Å². The SMILES string of the molecule is CC(C)C#CCOC1CCN(C=O)CC1.CCCC(=O)CC. The van der Waals surface area contributed by atoms with E-state index in [-0.39, 0.29) is 6.10 Å². The summed E-state index contributed by atoms with van der Waals surface area (Å²) >= 11 is 0. The van der Waals surface area contributed by atoms with Crippen LogP contribution in [0.2, 0.25) is 0 Å². The lowest BCUT2D eigenvalue weighted by atomic mass is 10.1. The van der Waals surface area contributed by atoms with E-state index < -0.39 is 0 Å². The highest BCUT2D eigenvalue weighted by molar-refractivity contribution is 5.77. The van der Waals surface area contributed by atoms with Crippen molar-refractivity contribution in [2.45, 2.75) is 65.9 Å². The smallest absolute Gasteiger partial charge is 0.209 e. The number of ketones is 1. The van der Waals surface area contributed by atoms with Gasteiger partial charge in [-0.25, -0.2) is 0 Å². The fourth-order valence-electron chi connectivity index (χ4n) is 2.01. The van der Waals surface area contributed by atoms with Crippen LogP contribution in [-0.2, 0) is 14.3 Å². The van der Waals surface area contributed by atoms with Crippen LogP contribution in [0.5, 0.6) is 0 Å². The molecular weight excluding hydrogens is 278 g/mol. The van der Waals surface area contributed by atoms with Crippen LogP contribution in [0.15, 0.2) is 0 Å². The summed E-state index contributed by atoms with van der Waals surface area (Å²) in [5.74, 6) is 6.85. The summed E-state index contributed by atoms with van der Waals surface area (Å²) in [6.07, 6.45) is 5.51. The molecule has 0 aromatic heterocycles. The first-order chi connectivity index (χ1) is 10.5. The van der Waals surface area contributed by atoms with E-state index in [0.29, 0.717) is 24.7 Å². The fourth-order valence-corrected chi connectivity index (χ4v) is 2.01. The summed E-state index contributed by atoms with van der Waals surface area (Å²) in [6, 6.07) is 0. The molecule has 0 radical (unpaired) electrons. The van der Waals surface area contributed by atoms with Gasteiger partial charge in [0.25, 0.3) is 0 Å². The quantitative estimate of drug-likeness (QED) is 0.559. The van der Waals surface area contributed by atoms with Crippen LogP contribution in [0.1, 0.15) is 59.8 Å². The summed E-state index contributed by atoms with van der Waals surface area (Å²) in [5.41, 5.74) is 0. The van der Waals surface area contributed by atoms with Gasteiger partial charge in [-0.3, -0.25) is 9.59 Å². The molecule has 0 bridgehead atoms. The van der Waals surface area contributed by atoms with Gasteiger partial charge in [-0.05, 0) is 19.3 Å². The molecule has 0 saturated carbocycles. The average Bonchev–Trinajstić information content (AvgIpc) is 2.52. The van der Waals surface area contributed by atoms with E-state index in [0.717, 1.165) is 45.2 Å². The van der Waals surface area contributed by atoms with Crippen molar-refractivity contribution in [2.24, 2.45) is 5.92 Å². The molecule has 0 spiro atoms. The number of nitrogens with zero attached hydrogens (tertiary/aromatic N) is 1. The van der Waals surface area contributed by atoms with Gasteiger partial charge in [-0.2, -0.15) is 0 Å². The highest BCUT2D eigenvalue weighted by Crippen LogP contribution is 2.11. The standard InChI is InChI=1S/C12H19NO2.C6H12O/c1-11(2)4-3-9-15-12-5-7-13(10-14)8-6-12;1-3-5-6(7)4-2/h10-12H,5-9H2,1-2H3;3-5H2,1-2H3. The lowest BCUT2D eigenvalue weighted by molar-refractivity contribution is -0.120. The predicted molar refractivity (Wildman–Crippen MR) is 89.4 cm³/mol. The minimum Gasteiger partial charge on any atom is -0.365 e. The van der Waals surface area contributed by atoms with Crippen LogP contribution in [0.3, 0.4) is 0 Å². The largest absolute Gasteiger partial charge is 0.365 e. The molecule has 1 fully saturated rings. The molecule has 1 amide bonds. The summed E-state index contributed by atoms with van der Waals surface area (Å²) in [7, 11) is 0. The van der Waals surface area contributed by atoms with Crippen molar-refractivity contribution in [3.8, 4) is 11.8 Å². The highest BCUT2D eigenvalue weighted by Gasteiger charge is 2.17. The summed E-state index contributed by atoms with van der Waals surface area (Å²) in [4.78, 5) is 22.7. The second-order valence-electron chi connectivity index (χ2n) is 5.77. The van der Waals surface area contributed by atoms with Crippen molar-refractivity contribution in [3.63, 3.8) is 0 Å². The van der Waals surface area contributed by atoms with Crippen LogP contribution >= 0.6 is 0 Å². The number of rotatable bonds is 6. The third kappa shape index (κ3) is 11.3. The Morgan fingerprint density at radius 2 is 1.95 bits per heavy atom. The van der Waals surface area contributed by atoms with E-state index >= 15 is 0 Å². The van der Waals surface area contributed by atoms with Crippen LogP contribution < -0.4 is 0 Å². The van der Waals surface area contributed by atoms with Crippen molar-refractivity contribution in [1.29, 1.82) is 0 Å². The van der Waals surface area contributed by atoms with Crippen LogP contribution in [-0.4, -0.2) is 42.9 Å². The number of likely N-dealkylation sites (tertiary alicyclic amines) is 1. The molecule has 1 heterocycles. The molecule has 0 atom stereocenters. The average molecular weight is 309 g/mol. The van der Waals surface area contributed by atoms with Crippen LogP contribution in [0.4, 0.5) is 0 Å². The first kappa shape index (κ1) is 20.7. The molecule has 0 aromatic carbocycles. The fraction of sp³-hybridized carbons (Fsp3) is 0.778. The second-order valence-corrected chi connectivity index (χ2v) is 5.77. The van der Waals surface area contributed by atoms with E-state index in [4.69, 9.17) is 4.74 Å². The van der Waals surface area contributed by atoms with Gasteiger partial charge in [0.15, 0.2) is 0 Å². The summed E-state index contributed by atoms with van der Waals surface area (Å²) < 4.78 is 5.61. The minimum atomic E-state index is 0.280. The Hall–Kier alpha value is -1.34. The molecule has 1 saturated heterocycles. The maximum Gasteiger partial charge on any atom is 0.209 e. The molecule has 1 aliphatic heterocycles. The lowest BCUT2D eigenvalue weighted by Gasteiger charge is -2.28. The third-order valence-electron chi connectivity index (χ3n) is 3.33. The van der Waals surface area contributed by atoms with Gasteiger partial charge in [0, 0.05) is 31.8 Å². The Kier molecular flexibility index (Phi) is 12.5. The zero-order chi connectivity index (χ0) is 16.8. The normalized spacial score (nSPS) is 14.7. The molecule has 126 valence electrons. The van der Waals surface area contributed by atoms with Crippen molar-refractivity contribution >= 4 is 12.2 Å². The molecule has 4 heteroatoms. The number of Topliss-reactive ketones (excluding diaryl/α,β-unsaturated/α-hetero) is 1. The topological polar surface area (TPSA) is 46.6 Å². The zero-order valence-corrected chi connectivity index (χ0v) is 14.6. The number of carbonyl (C=O) groups is 2. The van der Waals surface area contributed by atoms with Gasteiger partial charge < -0.3 is 9.64 Å². The van der Waals surface area contributed by atoms with E-state index in [1.54, 1.807) is 4.90 Å². The molecule has 0 aromatic rings. The Morgan fingerprint density at radius 3 is 2.36 bits per heavy atom. The van der Waals surface area contributed by atoms with E-state index in [9.17, 15) is 9.59 Å². The number of hydrogen-bond donors (Lipinski definition) is 0. The van der Waals surface area contributed by atoms with Gasteiger partial charge in [0.05, 0.1) is 6.10 Å². The first-order valence-corrected chi connectivity index (χ1v) is 8.34. The van der Waals surface area contributed by atoms with E-state index in [1.807, 2.05) is 13.8 Å². The molecule has 0 N–H and O–H groups in total. The van der Waals surface area contributed by atoms with Gasteiger partial charge in [-0.1, -0.05) is 39.5 Å². The van der Waals surface area contributed by atoms with Gasteiger partial charge in [0.1, 0.15) is 12.4 Å². The van der Waals surface area contributed by atoms with E-state index in [1.165, 1.54) is 0 Å². The number of hydrogen-bond acceptors (Lipinski definition) is 3. The lowest BCUT2D eigenvalue weighted by Crippen LogP contribution is -2.36.